The standard InChI is InChI=1S/C21H27N3S/c1-16-7-6-10-20(17(16)2)23-21(25)22-19-11-13-24(14-12-19)15-18-8-4-3-5-9-18/h3-10,19H,11-15H2,1-2H3,(H2,22,23,25)/p+1. The molecule has 4 heteroatoms. The molecule has 1 aliphatic rings. The molecule has 3 nitrogen and oxygen atoms in total. The predicted octanol–water partition coefficient (Wildman–Crippen LogP) is 2.84. The van der Waals surface area contributed by atoms with Gasteiger partial charge in [0.1, 0.15) is 6.54 Å². The fourth-order valence-electron chi connectivity index (χ4n) is 3.46. The molecule has 0 spiro atoms. The Morgan fingerprint density at radius 1 is 1.04 bits per heavy atom. The van der Waals surface area contributed by atoms with E-state index in [0.717, 1.165) is 30.2 Å². The van der Waals surface area contributed by atoms with Gasteiger partial charge in [0, 0.05) is 30.1 Å². The van der Waals surface area contributed by atoms with E-state index in [4.69, 9.17) is 12.2 Å². The van der Waals surface area contributed by atoms with Crippen LogP contribution in [0.4, 0.5) is 5.69 Å². The number of anilines is 1. The van der Waals surface area contributed by atoms with Crippen molar-refractivity contribution in [2.24, 2.45) is 0 Å². The number of hydrogen-bond donors (Lipinski definition) is 3. The third-order valence-electron chi connectivity index (χ3n) is 5.18. The number of benzene rings is 2. The summed E-state index contributed by atoms with van der Waals surface area (Å²) in [4.78, 5) is 1.66. The van der Waals surface area contributed by atoms with Crippen LogP contribution in [0.25, 0.3) is 0 Å². The summed E-state index contributed by atoms with van der Waals surface area (Å²) < 4.78 is 0. The topological polar surface area (TPSA) is 28.5 Å². The molecule has 1 saturated heterocycles. The number of piperidine rings is 1. The second kappa shape index (κ2) is 8.45. The fraction of sp³-hybridized carbons (Fsp3) is 0.381. The SMILES string of the molecule is Cc1cccc(NC(=S)NC2CC[NH+](Cc3ccccc3)CC2)c1C. The monoisotopic (exact) mass is 354 g/mol. The summed E-state index contributed by atoms with van der Waals surface area (Å²) in [5.74, 6) is 0. The van der Waals surface area contributed by atoms with Crippen LogP contribution in [0.2, 0.25) is 0 Å². The Morgan fingerprint density at radius 3 is 2.48 bits per heavy atom. The quantitative estimate of drug-likeness (QED) is 0.738. The largest absolute Gasteiger partial charge is 0.359 e. The minimum atomic E-state index is 0.477. The maximum absolute atomic E-state index is 5.53. The van der Waals surface area contributed by atoms with Crippen LogP contribution in [0.5, 0.6) is 0 Å². The van der Waals surface area contributed by atoms with E-state index in [0.29, 0.717) is 6.04 Å². The van der Waals surface area contributed by atoms with Crippen molar-refractivity contribution >= 4 is 23.0 Å². The van der Waals surface area contributed by atoms with Crippen LogP contribution in [0.15, 0.2) is 48.5 Å². The van der Waals surface area contributed by atoms with Crippen LogP contribution >= 0.6 is 12.2 Å². The molecule has 0 aromatic heterocycles. The highest BCUT2D eigenvalue weighted by Gasteiger charge is 2.22. The van der Waals surface area contributed by atoms with Gasteiger partial charge < -0.3 is 15.5 Å². The lowest BCUT2D eigenvalue weighted by Crippen LogP contribution is -3.12. The average molecular weight is 355 g/mol. The molecule has 132 valence electrons. The zero-order valence-corrected chi connectivity index (χ0v) is 16.0. The molecule has 1 aliphatic heterocycles. The maximum atomic E-state index is 5.53. The van der Waals surface area contributed by atoms with Gasteiger partial charge in [-0.25, -0.2) is 0 Å². The van der Waals surface area contributed by atoms with Crippen LogP contribution in [0.3, 0.4) is 0 Å². The maximum Gasteiger partial charge on any atom is 0.171 e. The third kappa shape index (κ3) is 5.03. The van der Waals surface area contributed by atoms with Crippen molar-refractivity contribution in [3.63, 3.8) is 0 Å². The van der Waals surface area contributed by atoms with Gasteiger partial charge in [0.15, 0.2) is 5.11 Å². The second-order valence-corrected chi connectivity index (χ2v) is 7.44. The molecule has 3 N–H and O–H groups in total. The highest BCUT2D eigenvalue weighted by atomic mass is 32.1. The lowest BCUT2D eigenvalue weighted by Gasteiger charge is -2.30. The van der Waals surface area contributed by atoms with Gasteiger partial charge in [0.25, 0.3) is 0 Å². The van der Waals surface area contributed by atoms with E-state index >= 15 is 0 Å². The lowest BCUT2D eigenvalue weighted by atomic mass is 10.0. The van der Waals surface area contributed by atoms with Gasteiger partial charge in [-0.3, -0.25) is 0 Å². The second-order valence-electron chi connectivity index (χ2n) is 7.03. The number of nitrogens with one attached hydrogen (secondary N) is 3. The van der Waals surface area contributed by atoms with Gasteiger partial charge in [-0.05, 0) is 43.3 Å². The van der Waals surface area contributed by atoms with E-state index in [1.54, 1.807) is 4.90 Å². The minimum absolute atomic E-state index is 0.477. The molecule has 1 heterocycles. The number of thiocarbonyl (C=S) groups is 1. The summed E-state index contributed by atoms with van der Waals surface area (Å²) >= 11 is 5.53. The first-order chi connectivity index (χ1) is 12.1. The molecule has 25 heavy (non-hydrogen) atoms. The van der Waals surface area contributed by atoms with Crippen molar-refractivity contribution in [1.82, 2.24) is 5.32 Å². The van der Waals surface area contributed by atoms with Crippen molar-refractivity contribution < 1.29 is 4.90 Å². The van der Waals surface area contributed by atoms with E-state index in [-0.39, 0.29) is 0 Å². The fourth-order valence-corrected chi connectivity index (χ4v) is 3.74. The summed E-state index contributed by atoms with van der Waals surface area (Å²) in [7, 11) is 0. The molecule has 1 fully saturated rings. The average Bonchev–Trinajstić information content (AvgIpc) is 2.62. The summed E-state index contributed by atoms with van der Waals surface area (Å²) in [6.45, 7) is 7.77. The molecule has 2 aromatic carbocycles. The van der Waals surface area contributed by atoms with Crippen molar-refractivity contribution in [2.75, 3.05) is 18.4 Å². The van der Waals surface area contributed by atoms with Gasteiger partial charge in [0.2, 0.25) is 0 Å². The number of likely N-dealkylation sites (tertiary alicyclic amines) is 1. The van der Waals surface area contributed by atoms with Crippen LogP contribution in [0.1, 0.15) is 29.5 Å². The van der Waals surface area contributed by atoms with Gasteiger partial charge in [0.05, 0.1) is 13.1 Å². The highest BCUT2D eigenvalue weighted by molar-refractivity contribution is 7.80. The van der Waals surface area contributed by atoms with E-state index in [9.17, 15) is 0 Å². The third-order valence-corrected chi connectivity index (χ3v) is 5.40. The first-order valence-electron chi connectivity index (χ1n) is 9.13. The van der Waals surface area contributed by atoms with Crippen LogP contribution < -0.4 is 15.5 Å². The van der Waals surface area contributed by atoms with Crippen LogP contribution in [-0.4, -0.2) is 24.2 Å². The molecule has 0 bridgehead atoms. The number of rotatable bonds is 4. The molecule has 0 radical (unpaired) electrons. The minimum Gasteiger partial charge on any atom is -0.359 e. The Labute approximate surface area is 156 Å². The Morgan fingerprint density at radius 2 is 1.76 bits per heavy atom. The molecule has 0 atom stereocenters. The molecule has 3 rings (SSSR count). The summed E-state index contributed by atoms with van der Waals surface area (Å²) in [5.41, 5.74) is 5.07. The van der Waals surface area contributed by atoms with Gasteiger partial charge in [-0.15, -0.1) is 0 Å². The summed E-state index contributed by atoms with van der Waals surface area (Å²) in [6.07, 6.45) is 2.33. The van der Waals surface area contributed by atoms with E-state index < -0.39 is 0 Å². The van der Waals surface area contributed by atoms with E-state index in [1.807, 2.05) is 0 Å². The van der Waals surface area contributed by atoms with Crippen molar-refractivity contribution in [3.8, 4) is 0 Å². The molecular weight excluding hydrogens is 326 g/mol. The first-order valence-corrected chi connectivity index (χ1v) is 9.54. The Hall–Kier alpha value is -1.91. The van der Waals surface area contributed by atoms with Crippen molar-refractivity contribution in [3.05, 3.63) is 65.2 Å². The zero-order valence-electron chi connectivity index (χ0n) is 15.1. The number of quaternary nitrogens is 1. The highest BCUT2D eigenvalue weighted by Crippen LogP contribution is 2.17. The molecule has 0 unspecified atom stereocenters. The van der Waals surface area contributed by atoms with Crippen molar-refractivity contribution in [1.29, 1.82) is 0 Å². The van der Waals surface area contributed by atoms with Gasteiger partial charge in [-0.1, -0.05) is 42.5 Å². The smallest absolute Gasteiger partial charge is 0.171 e. The normalized spacial score (nSPS) is 20.1. The summed E-state index contributed by atoms with van der Waals surface area (Å²) in [5, 5.41) is 7.61. The Kier molecular flexibility index (Phi) is 6.05. The van der Waals surface area contributed by atoms with Gasteiger partial charge >= 0.3 is 0 Å². The lowest BCUT2D eigenvalue weighted by molar-refractivity contribution is -0.918. The Balaban J connectivity index is 1.45. The first kappa shape index (κ1) is 17.9. The zero-order chi connectivity index (χ0) is 17.6. The molecule has 0 aliphatic carbocycles. The number of hydrogen-bond acceptors (Lipinski definition) is 1. The molecular formula is C21H28N3S+. The van der Waals surface area contributed by atoms with E-state index in [1.165, 1.54) is 29.8 Å². The van der Waals surface area contributed by atoms with Gasteiger partial charge in [-0.2, -0.15) is 0 Å². The predicted molar refractivity (Wildman–Crippen MR) is 109 cm³/mol. The molecule has 0 saturated carbocycles. The van der Waals surface area contributed by atoms with Crippen molar-refractivity contribution in [2.45, 2.75) is 39.3 Å². The number of aryl methyl sites for hydroxylation is 1. The van der Waals surface area contributed by atoms with Crippen LogP contribution in [-0.2, 0) is 6.54 Å². The summed E-state index contributed by atoms with van der Waals surface area (Å²) in [6, 6.07) is 17.5. The molecule has 0 amide bonds. The van der Waals surface area contributed by atoms with E-state index in [2.05, 4.69) is 73.0 Å². The Bertz CT molecular complexity index is 706. The van der Waals surface area contributed by atoms with Crippen LogP contribution in [0, 0.1) is 13.8 Å². The molecule has 2 aromatic rings.